The Morgan fingerprint density at radius 2 is 1.62 bits per heavy atom. The summed E-state index contributed by atoms with van der Waals surface area (Å²) in [7, 11) is 0. The standard InChI is InChI=1S/C20H25N3O2.ClH/c1-20(2,3)23-19(25)15-8-11-16(12-9-15)22-18(24)13-10-14-6-4-5-7-17(14)21;/h4-9,11-12H,10,13,21H2,1-3H3,(H,22,24)(H,23,25);1H. The van der Waals surface area contributed by atoms with Gasteiger partial charge < -0.3 is 16.4 Å². The predicted molar refractivity (Wildman–Crippen MR) is 109 cm³/mol. The Hall–Kier alpha value is -2.53. The van der Waals surface area contributed by atoms with Crippen molar-refractivity contribution in [3.05, 3.63) is 59.7 Å². The van der Waals surface area contributed by atoms with E-state index in [9.17, 15) is 9.59 Å². The molecule has 26 heavy (non-hydrogen) atoms. The third kappa shape index (κ3) is 6.76. The van der Waals surface area contributed by atoms with Crippen molar-refractivity contribution >= 4 is 35.6 Å². The number of benzene rings is 2. The maximum Gasteiger partial charge on any atom is 0.251 e. The largest absolute Gasteiger partial charge is 0.399 e. The van der Waals surface area contributed by atoms with Crippen LogP contribution in [0.25, 0.3) is 0 Å². The highest BCUT2D eigenvalue weighted by Crippen LogP contribution is 2.14. The molecule has 0 aliphatic rings. The van der Waals surface area contributed by atoms with Crippen LogP contribution in [0.15, 0.2) is 48.5 Å². The molecule has 0 spiro atoms. The van der Waals surface area contributed by atoms with Crippen molar-refractivity contribution < 1.29 is 9.59 Å². The molecule has 0 aliphatic heterocycles. The van der Waals surface area contributed by atoms with Crippen LogP contribution >= 0.6 is 12.4 Å². The van der Waals surface area contributed by atoms with Crippen molar-refractivity contribution in [3.8, 4) is 0 Å². The average Bonchev–Trinajstić information content (AvgIpc) is 2.53. The lowest BCUT2D eigenvalue weighted by molar-refractivity contribution is -0.116. The molecule has 5 nitrogen and oxygen atoms in total. The first-order valence-electron chi connectivity index (χ1n) is 8.30. The van der Waals surface area contributed by atoms with Crippen molar-refractivity contribution in [1.29, 1.82) is 0 Å². The Bertz CT molecular complexity index is 752. The molecule has 0 heterocycles. The quantitative estimate of drug-likeness (QED) is 0.695. The van der Waals surface area contributed by atoms with E-state index in [0.29, 0.717) is 29.8 Å². The summed E-state index contributed by atoms with van der Waals surface area (Å²) in [4.78, 5) is 24.1. The summed E-state index contributed by atoms with van der Waals surface area (Å²) in [6.07, 6.45) is 0.936. The first-order chi connectivity index (χ1) is 11.7. The van der Waals surface area contributed by atoms with Crippen LogP contribution in [0.2, 0.25) is 0 Å². The van der Waals surface area contributed by atoms with Gasteiger partial charge in [-0.25, -0.2) is 0 Å². The summed E-state index contributed by atoms with van der Waals surface area (Å²) in [5.41, 5.74) is 8.48. The molecule has 2 aromatic carbocycles. The monoisotopic (exact) mass is 375 g/mol. The van der Waals surface area contributed by atoms with E-state index in [2.05, 4.69) is 10.6 Å². The van der Waals surface area contributed by atoms with Crippen molar-refractivity contribution in [2.24, 2.45) is 0 Å². The highest BCUT2D eigenvalue weighted by Gasteiger charge is 2.15. The Morgan fingerprint density at radius 1 is 1.00 bits per heavy atom. The van der Waals surface area contributed by atoms with Gasteiger partial charge in [0.2, 0.25) is 5.91 Å². The smallest absolute Gasteiger partial charge is 0.251 e. The summed E-state index contributed by atoms with van der Waals surface area (Å²) in [6, 6.07) is 14.4. The molecule has 0 radical (unpaired) electrons. The van der Waals surface area contributed by atoms with Crippen LogP contribution in [0.4, 0.5) is 11.4 Å². The number of nitrogens with one attached hydrogen (secondary N) is 2. The number of para-hydroxylation sites is 1. The molecule has 0 unspecified atom stereocenters. The number of carbonyl (C=O) groups excluding carboxylic acids is 2. The third-order valence-corrected chi connectivity index (χ3v) is 3.60. The van der Waals surface area contributed by atoms with Crippen LogP contribution in [0.1, 0.15) is 43.1 Å². The molecular formula is C20H26ClN3O2. The van der Waals surface area contributed by atoms with E-state index in [4.69, 9.17) is 5.73 Å². The van der Waals surface area contributed by atoms with Crippen LogP contribution in [-0.2, 0) is 11.2 Å². The Morgan fingerprint density at radius 3 is 2.19 bits per heavy atom. The fourth-order valence-corrected chi connectivity index (χ4v) is 2.35. The first-order valence-corrected chi connectivity index (χ1v) is 8.30. The van der Waals surface area contributed by atoms with E-state index in [1.165, 1.54) is 0 Å². The van der Waals surface area contributed by atoms with Crippen LogP contribution in [0.3, 0.4) is 0 Å². The number of aryl methyl sites for hydroxylation is 1. The minimum Gasteiger partial charge on any atom is -0.399 e. The second kappa shape index (κ2) is 9.25. The molecule has 140 valence electrons. The Kier molecular flexibility index (Phi) is 7.65. The SMILES string of the molecule is CC(C)(C)NC(=O)c1ccc(NC(=O)CCc2ccccc2N)cc1.Cl. The second-order valence-electron chi connectivity index (χ2n) is 7.03. The normalized spacial score (nSPS) is 10.6. The number of nitrogens with two attached hydrogens (primary N) is 1. The molecule has 2 rings (SSSR count). The molecule has 2 aromatic rings. The van der Waals surface area contributed by atoms with E-state index in [1.807, 2.05) is 45.0 Å². The maximum absolute atomic E-state index is 12.1. The van der Waals surface area contributed by atoms with Crippen molar-refractivity contribution in [2.45, 2.75) is 39.2 Å². The van der Waals surface area contributed by atoms with Crippen LogP contribution in [-0.4, -0.2) is 17.4 Å². The minimum atomic E-state index is -0.288. The van der Waals surface area contributed by atoms with Gasteiger partial charge in [-0.2, -0.15) is 0 Å². The van der Waals surface area contributed by atoms with Gasteiger partial charge in [-0.1, -0.05) is 18.2 Å². The summed E-state index contributed by atoms with van der Waals surface area (Å²) in [5.74, 6) is -0.222. The van der Waals surface area contributed by atoms with Gasteiger partial charge in [-0.15, -0.1) is 12.4 Å². The number of nitrogen functional groups attached to an aromatic ring is 1. The van der Waals surface area contributed by atoms with E-state index < -0.39 is 0 Å². The van der Waals surface area contributed by atoms with E-state index >= 15 is 0 Å². The number of rotatable bonds is 5. The zero-order valence-electron chi connectivity index (χ0n) is 15.3. The molecule has 0 aliphatic carbocycles. The van der Waals surface area contributed by atoms with E-state index in [1.54, 1.807) is 24.3 Å². The maximum atomic E-state index is 12.1. The number of amides is 2. The van der Waals surface area contributed by atoms with Gasteiger partial charge in [-0.05, 0) is 63.1 Å². The summed E-state index contributed by atoms with van der Waals surface area (Å²) in [6.45, 7) is 5.79. The third-order valence-electron chi connectivity index (χ3n) is 3.60. The van der Waals surface area contributed by atoms with Gasteiger partial charge in [-0.3, -0.25) is 9.59 Å². The lowest BCUT2D eigenvalue weighted by Crippen LogP contribution is -2.40. The minimum absolute atomic E-state index is 0. The fourth-order valence-electron chi connectivity index (χ4n) is 2.35. The average molecular weight is 376 g/mol. The molecular weight excluding hydrogens is 350 g/mol. The molecule has 4 N–H and O–H groups in total. The lowest BCUT2D eigenvalue weighted by atomic mass is 10.1. The number of anilines is 2. The zero-order valence-corrected chi connectivity index (χ0v) is 16.2. The van der Waals surface area contributed by atoms with Crippen molar-refractivity contribution in [2.75, 3.05) is 11.1 Å². The van der Waals surface area contributed by atoms with Gasteiger partial charge in [0.1, 0.15) is 0 Å². The zero-order chi connectivity index (χ0) is 18.4. The summed E-state index contributed by atoms with van der Waals surface area (Å²) < 4.78 is 0. The molecule has 0 bridgehead atoms. The molecule has 6 heteroatoms. The number of hydrogen-bond acceptors (Lipinski definition) is 3. The van der Waals surface area contributed by atoms with Gasteiger partial charge >= 0.3 is 0 Å². The second-order valence-corrected chi connectivity index (χ2v) is 7.03. The molecule has 0 aromatic heterocycles. The molecule has 0 saturated heterocycles. The predicted octanol–water partition coefficient (Wildman–Crippen LogP) is 3.79. The molecule has 0 atom stereocenters. The van der Waals surface area contributed by atoms with E-state index in [-0.39, 0.29) is 29.8 Å². The van der Waals surface area contributed by atoms with Crippen LogP contribution in [0.5, 0.6) is 0 Å². The summed E-state index contributed by atoms with van der Waals surface area (Å²) in [5, 5.41) is 5.74. The highest BCUT2D eigenvalue weighted by atomic mass is 35.5. The fraction of sp³-hybridized carbons (Fsp3) is 0.300. The van der Waals surface area contributed by atoms with Crippen LogP contribution < -0.4 is 16.4 Å². The first kappa shape index (κ1) is 21.5. The molecule has 0 fully saturated rings. The molecule has 2 amide bonds. The van der Waals surface area contributed by atoms with Crippen molar-refractivity contribution in [1.82, 2.24) is 5.32 Å². The Balaban J connectivity index is 0.00000338. The number of hydrogen-bond donors (Lipinski definition) is 3. The Labute approximate surface area is 160 Å². The highest BCUT2D eigenvalue weighted by molar-refractivity contribution is 5.96. The topological polar surface area (TPSA) is 84.2 Å². The number of halogens is 1. The van der Waals surface area contributed by atoms with Crippen LogP contribution in [0, 0.1) is 0 Å². The van der Waals surface area contributed by atoms with Gasteiger partial charge in [0, 0.05) is 28.9 Å². The van der Waals surface area contributed by atoms with Gasteiger partial charge in [0.05, 0.1) is 0 Å². The van der Waals surface area contributed by atoms with E-state index in [0.717, 1.165) is 5.56 Å². The lowest BCUT2D eigenvalue weighted by Gasteiger charge is -2.20. The molecule has 0 saturated carbocycles. The van der Waals surface area contributed by atoms with Gasteiger partial charge in [0.15, 0.2) is 0 Å². The van der Waals surface area contributed by atoms with Gasteiger partial charge in [0.25, 0.3) is 5.91 Å². The van der Waals surface area contributed by atoms with Crippen molar-refractivity contribution in [3.63, 3.8) is 0 Å². The summed E-state index contributed by atoms with van der Waals surface area (Å²) >= 11 is 0. The number of carbonyl (C=O) groups is 2.